The first-order chi connectivity index (χ1) is 12.9. The van der Waals surface area contributed by atoms with Gasteiger partial charge in [-0.25, -0.2) is 4.79 Å². The highest BCUT2D eigenvalue weighted by Crippen LogP contribution is 2.26. The zero-order valence-electron chi connectivity index (χ0n) is 14.8. The minimum atomic E-state index is -1.05. The quantitative estimate of drug-likeness (QED) is 0.601. The molecule has 0 aromatic heterocycles. The summed E-state index contributed by atoms with van der Waals surface area (Å²) in [7, 11) is 1.42. The van der Waals surface area contributed by atoms with Crippen LogP contribution in [0, 0.1) is 11.3 Å². The van der Waals surface area contributed by atoms with E-state index in [1.54, 1.807) is 36.4 Å². The predicted molar refractivity (Wildman–Crippen MR) is 99.0 cm³/mol. The molecule has 2 aromatic carbocycles. The molecular weight excluding hydrogens is 348 g/mol. The third-order valence-electron chi connectivity index (χ3n) is 3.58. The maximum Gasteiger partial charge on any atom is 0.331 e. The standard InChI is InChI=1S/C20H18N2O5/c1-13(20(25)22-16-6-4-3-5-15(16)12-21)27-19(24)10-8-14-7-9-17(23)18(11-14)26-2/h3-11,13,23H,1-2H3,(H,22,25)/b10-8+/t13-/m0/s1. The van der Waals surface area contributed by atoms with Crippen LogP contribution in [0.1, 0.15) is 18.1 Å². The number of hydrogen-bond donors (Lipinski definition) is 2. The van der Waals surface area contributed by atoms with Crippen LogP contribution in [0.5, 0.6) is 11.5 Å². The molecule has 1 atom stereocenters. The van der Waals surface area contributed by atoms with E-state index in [4.69, 9.17) is 14.7 Å². The van der Waals surface area contributed by atoms with Crippen LogP contribution in [0.25, 0.3) is 6.08 Å². The molecule has 1 amide bonds. The Hall–Kier alpha value is -3.79. The molecule has 0 fully saturated rings. The summed E-state index contributed by atoms with van der Waals surface area (Å²) < 4.78 is 10.0. The molecule has 7 heteroatoms. The number of hydrogen-bond acceptors (Lipinski definition) is 6. The van der Waals surface area contributed by atoms with Crippen molar-refractivity contribution < 1.29 is 24.2 Å². The second-order valence-corrected chi connectivity index (χ2v) is 5.49. The van der Waals surface area contributed by atoms with Crippen molar-refractivity contribution in [2.75, 3.05) is 12.4 Å². The molecule has 0 unspecified atom stereocenters. The summed E-state index contributed by atoms with van der Waals surface area (Å²) in [6, 6.07) is 13.1. The van der Waals surface area contributed by atoms with E-state index in [2.05, 4.69) is 5.32 Å². The van der Waals surface area contributed by atoms with E-state index in [-0.39, 0.29) is 11.5 Å². The lowest BCUT2D eigenvalue weighted by atomic mass is 10.2. The minimum Gasteiger partial charge on any atom is -0.504 e. The number of esters is 1. The van der Waals surface area contributed by atoms with Gasteiger partial charge in [0.2, 0.25) is 0 Å². The number of para-hydroxylation sites is 1. The number of carbonyl (C=O) groups is 2. The van der Waals surface area contributed by atoms with Gasteiger partial charge in [-0.05, 0) is 42.8 Å². The Kier molecular flexibility index (Phi) is 6.55. The molecule has 0 saturated carbocycles. The van der Waals surface area contributed by atoms with Gasteiger partial charge in [0.15, 0.2) is 17.6 Å². The molecule has 2 N–H and O–H groups in total. The Morgan fingerprint density at radius 2 is 2.00 bits per heavy atom. The molecule has 0 spiro atoms. The summed E-state index contributed by atoms with van der Waals surface area (Å²) in [6.07, 6.45) is 1.59. The van der Waals surface area contributed by atoms with Crippen molar-refractivity contribution in [3.8, 4) is 17.6 Å². The van der Waals surface area contributed by atoms with E-state index >= 15 is 0 Å². The fraction of sp³-hybridized carbons (Fsp3) is 0.150. The number of ether oxygens (including phenoxy) is 2. The van der Waals surface area contributed by atoms with Crippen molar-refractivity contribution in [3.05, 3.63) is 59.7 Å². The molecule has 0 aliphatic carbocycles. The lowest BCUT2D eigenvalue weighted by molar-refractivity contribution is -0.148. The third kappa shape index (κ3) is 5.34. The fourth-order valence-corrected chi connectivity index (χ4v) is 2.15. The smallest absolute Gasteiger partial charge is 0.331 e. The summed E-state index contributed by atoms with van der Waals surface area (Å²) in [5, 5.41) is 21.1. The molecule has 27 heavy (non-hydrogen) atoms. The summed E-state index contributed by atoms with van der Waals surface area (Å²) >= 11 is 0. The summed E-state index contributed by atoms with van der Waals surface area (Å²) in [5.41, 5.74) is 1.27. The molecule has 0 aliphatic heterocycles. The zero-order valence-corrected chi connectivity index (χ0v) is 14.8. The molecule has 0 heterocycles. The van der Waals surface area contributed by atoms with Crippen molar-refractivity contribution in [2.24, 2.45) is 0 Å². The van der Waals surface area contributed by atoms with E-state index in [9.17, 15) is 14.7 Å². The van der Waals surface area contributed by atoms with E-state index in [1.807, 2.05) is 6.07 Å². The topological polar surface area (TPSA) is 109 Å². The van der Waals surface area contributed by atoms with Gasteiger partial charge >= 0.3 is 5.97 Å². The average Bonchev–Trinajstić information content (AvgIpc) is 2.67. The Morgan fingerprint density at radius 3 is 2.70 bits per heavy atom. The maximum absolute atomic E-state index is 12.1. The molecular formula is C20H18N2O5. The van der Waals surface area contributed by atoms with Gasteiger partial charge in [0.05, 0.1) is 18.4 Å². The first kappa shape index (κ1) is 19.5. The van der Waals surface area contributed by atoms with Crippen molar-refractivity contribution in [3.63, 3.8) is 0 Å². The lowest BCUT2D eigenvalue weighted by Crippen LogP contribution is -2.29. The molecule has 2 rings (SSSR count). The van der Waals surface area contributed by atoms with Gasteiger partial charge in [0.25, 0.3) is 5.91 Å². The Balaban J connectivity index is 1.96. The van der Waals surface area contributed by atoms with Crippen molar-refractivity contribution in [1.82, 2.24) is 0 Å². The normalized spacial score (nSPS) is 11.4. The van der Waals surface area contributed by atoms with Gasteiger partial charge in [0.1, 0.15) is 6.07 Å². The number of benzene rings is 2. The highest BCUT2D eigenvalue weighted by Gasteiger charge is 2.17. The van der Waals surface area contributed by atoms with E-state index < -0.39 is 18.0 Å². The number of phenolic OH excluding ortho intramolecular Hbond substituents is 1. The zero-order chi connectivity index (χ0) is 19.8. The SMILES string of the molecule is COc1cc(/C=C/C(=O)O[C@@H](C)C(=O)Nc2ccccc2C#N)ccc1O. The fourth-order valence-electron chi connectivity index (χ4n) is 2.15. The van der Waals surface area contributed by atoms with Gasteiger partial charge in [-0.1, -0.05) is 18.2 Å². The van der Waals surface area contributed by atoms with Gasteiger partial charge in [0, 0.05) is 6.08 Å². The first-order valence-electron chi connectivity index (χ1n) is 8.00. The van der Waals surface area contributed by atoms with Crippen LogP contribution in [0.4, 0.5) is 5.69 Å². The summed E-state index contributed by atoms with van der Waals surface area (Å²) in [5.74, 6) is -1.00. The number of carbonyl (C=O) groups excluding carboxylic acids is 2. The van der Waals surface area contributed by atoms with Crippen LogP contribution < -0.4 is 10.1 Å². The van der Waals surface area contributed by atoms with Gasteiger partial charge < -0.3 is 19.9 Å². The van der Waals surface area contributed by atoms with Crippen LogP contribution in [0.3, 0.4) is 0 Å². The molecule has 7 nitrogen and oxygen atoms in total. The maximum atomic E-state index is 12.1. The van der Waals surface area contributed by atoms with E-state index in [0.717, 1.165) is 0 Å². The van der Waals surface area contributed by atoms with Crippen molar-refractivity contribution in [2.45, 2.75) is 13.0 Å². The molecule has 138 valence electrons. The summed E-state index contributed by atoms with van der Waals surface area (Å²) in [4.78, 5) is 24.1. The van der Waals surface area contributed by atoms with Crippen LogP contribution in [0.2, 0.25) is 0 Å². The average molecular weight is 366 g/mol. The molecule has 0 saturated heterocycles. The Labute approximate surface area is 156 Å². The molecule has 0 aliphatic rings. The van der Waals surface area contributed by atoms with Gasteiger partial charge in [-0.3, -0.25) is 4.79 Å². The monoisotopic (exact) mass is 366 g/mol. The first-order valence-corrected chi connectivity index (χ1v) is 8.00. The Morgan fingerprint density at radius 1 is 1.26 bits per heavy atom. The minimum absolute atomic E-state index is 0.0137. The van der Waals surface area contributed by atoms with Crippen LogP contribution in [-0.4, -0.2) is 30.2 Å². The van der Waals surface area contributed by atoms with E-state index in [0.29, 0.717) is 16.8 Å². The number of phenols is 1. The number of anilines is 1. The lowest BCUT2D eigenvalue weighted by Gasteiger charge is -2.13. The van der Waals surface area contributed by atoms with Crippen molar-refractivity contribution in [1.29, 1.82) is 5.26 Å². The largest absolute Gasteiger partial charge is 0.504 e. The number of aromatic hydroxyl groups is 1. The number of methoxy groups -OCH3 is 1. The second-order valence-electron chi connectivity index (χ2n) is 5.49. The molecule has 0 bridgehead atoms. The second kappa shape index (κ2) is 9.06. The number of nitrogens with zero attached hydrogens (tertiary/aromatic N) is 1. The predicted octanol–water partition coefficient (Wildman–Crippen LogP) is 2.86. The number of rotatable bonds is 6. The number of amides is 1. The van der Waals surface area contributed by atoms with Crippen molar-refractivity contribution >= 4 is 23.6 Å². The highest BCUT2D eigenvalue weighted by atomic mass is 16.5. The van der Waals surface area contributed by atoms with Crippen LogP contribution >= 0.6 is 0 Å². The highest BCUT2D eigenvalue weighted by molar-refractivity contribution is 5.97. The van der Waals surface area contributed by atoms with Crippen LogP contribution in [0.15, 0.2) is 48.5 Å². The van der Waals surface area contributed by atoms with Crippen LogP contribution in [-0.2, 0) is 14.3 Å². The third-order valence-corrected chi connectivity index (χ3v) is 3.58. The van der Waals surface area contributed by atoms with Gasteiger partial charge in [-0.15, -0.1) is 0 Å². The van der Waals surface area contributed by atoms with E-state index in [1.165, 1.54) is 32.3 Å². The number of nitrogens with one attached hydrogen (secondary N) is 1. The molecule has 0 radical (unpaired) electrons. The number of nitriles is 1. The molecule has 2 aromatic rings. The summed E-state index contributed by atoms with van der Waals surface area (Å²) in [6.45, 7) is 1.43. The Bertz CT molecular complexity index is 915. The van der Waals surface area contributed by atoms with Gasteiger partial charge in [-0.2, -0.15) is 5.26 Å².